The average Bonchev–Trinajstić information content (AvgIpc) is 3.18. The van der Waals surface area contributed by atoms with Gasteiger partial charge in [0.05, 0.1) is 11.0 Å². The molecule has 140 valence electrons. The van der Waals surface area contributed by atoms with Crippen LogP contribution < -0.4 is 0 Å². The van der Waals surface area contributed by atoms with Crippen molar-refractivity contribution in [3.05, 3.63) is 102 Å². The lowest BCUT2D eigenvalue weighted by Gasteiger charge is -2.06. The molecule has 5 aromatic rings. The molecular weight excluding hydrogens is 359 g/mol. The van der Waals surface area contributed by atoms with Crippen molar-refractivity contribution in [3.8, 4) is 33.6 Å². The molecule has 5 rings (SSSR count). The van der Waals surface area contributed by atoms with Crippen molar-refractivity contribution in [1.29, 1.82) is 0 Å². The standard InChI is InChI=1S/C26H19FN2/c1-17-2-15-24-25(16-17)29-26(28-24)22-9-7-20(8-10-22)18-3-5-19(6-4-18)21-11-13-23(27)14-12-21/h2-16H,1H3,(H,28,29). The molecule has 0 unspecified atom stereocenters. The highest BCUT2D eigenvalue weighted by atomic mass is 19.1. The number of hydrogen-bond acceptors (Lipinski definition) is 1. The predicted molar refractivity (Wildman–Crippen MR) is 117 cm³/mol. The highest BCUT2D eigenvalue weighted by Gasteiger charge is 2.06. The van der Waals surface area contributed by atoms with E-state index in [9.17, 15) is 4.39 Å². The van der Waals surface area contributed by atoms with E-state index in [1.165, 1.54) is 17.7 Å². The highest BCUT2D eigenvalue weighted by molar-refractivity contribution is 5.80. The van der Waals surface area contributed by atoms with Crippen molar-refractivity contribution in [3.63, 3.8) is 0 Å². The van der Waals surface area contributed by atoms with Crippen molar-refractivity contribution < 1.29 is 4.39 Å². The van der Waals surface area contributed by atoms with Gasteiger partial charge in [0, 0.05) is 5.56 Å². The Morgan fingerprint density at radius 3 is 1.66 bits per heavy atom. The Morgan fingerprint density at radius 1 is 0.621 bits per heavy atom. The number of nitrogens with one attached hydrogen (secondary N) is 1. The smallest absolute Gasteiger partial charge is 0.138 e. The van der Waals surface area contributed by atoms with Crippen LogP contribution in [0.3, 0.4) is 0 Å². The van der Waals surface area contributed by atoms with Crippen LogP contribution in [-0.4, -0.2) is 9.97 Å². The summed E-state index contributed by atoms with van der Waals surface area (Å²) in [5.41, 5.74) is 8.68. The van der Waals surface area contributed by atoms with Crippen LogP contribution in [0.1, 0.15) is 5.56 Å². The van der Waals surface area contributed by atoms with Crippen molar-refractivity contribution in [1.82, 2.24) is 9.97 Å². The van der Waals surface area contributed by atoms with Gasteiger partial charge in [-0.25, -0.2) is 9.37 Å². The first-order valence-electron chi connectivity index (χ1n) is 9.59. The number of aromatic nitrogens is 2. The fraction of sp³-hybridized carbons (Fsp3) is 0.0385. The molecule has 0 atom stereocenters. The predicted octanol–water partition coefficient (Wildman–Crippen LogP) is 7.01. The molecule has 4 aromatic carbocycles. The van der Waals surface area contributed by atoms with Crippen LogP contribution in [0.4, 0.5) is 4.39 Å². The summed E-state index contributed by atoms with van der Waals surface area (Å²) >= 11 is 0. The maximum atomic E-state index is 13.1. The summed E-state index contributed by atoms with van der Waals surface area (Å²) in [4.78, 5) is 8.10. The van der Waals surface area contributed by atoms with E-state index in [1.807, 2.05) is 6.07 Å². The molecule has 29 heavy (non-hydrogen) atoms. The lowest BCUT2D eigenvalue weighted by Crippen LogP contribution is -1.83. The number of imidazole rings is 1. The number of benzene rings is 4. The molecule has 0 aliphatic heterocycles. The van der Waals surface area contributed by atoms with Crippen molar-refractivity contribution in [2.24, 2.45) is 0 Å². The third-order valence-electron chi connectivity index (χ3n) is 5.19. The zero-order chi connectivity index (χ0) is 19.8. The zero-order valence-corrected chi connectivity index (χ0v) is 16.0. The summed E-state index contributed by atoms with van der Waals surface area (Å²) in [6.07, 6.45) is 0. The van der Waals surface area contributed by atoms with Gasteiger partial charge in [-0.1, -0.05) is 66.7 Å². The average molecular weight is 378 g/mol. The summed E-state index contributed by atoms with van der Waals surface area (Å²) in [6.45, 7) is 2.08. The Balaban J connectivity index is 1.41. The molecule has 2 nitrogen and oxygen atoms in total. The lowest BCUT2D eigenvalue weighted by atomic mass is 9.99. The van der Waals surface area contributed by atoms with Gasteiger partial charge in [0.15, 0.2) is 0 Å². The minimum atomic E-state index is -0.218. The number of nitrogens with zero attached hydrogens (tertiary/aromatic N) is 1. The van der Waals surface area contributed by atoms with Crippen LogP contribution >= 0.6 is 0 Å². The number of fused-ring (bicyclic) bond motifs is 1. The molecule has 0 saturated carbocycles. The van der Waals surface area contributed by atoms with Crippen LogP contribution in [-0.2, 0) is 0 Å². The fourth-order valence-corrected chi connectivity index (χ4v) is 3.58. The second-order valence-electron chi connectivity index (χ2n) is 7.27. The number of H-pyrrole nitrogens is 1. The van der Waals surface area contributed by atoms with Gasteiger partial charge in [0.2, 0.25) is 0 Å². The maximum absolute atomic E-state index is 13.1. The lowest BCUT2D eigenvalue weighted by molar-refractivity contribution is 0.628. The van der Waals surface area contributed by atoms with Crippen LogP contribution in [0.15, 0.2) is 91.0 Å². The summed E-state index contributed by atoms with van der Waals surface area (Å²) < 4.78 is 13.1. The van der Waals surface area contributed by atoms with Gasteiger partial charge in [-0.3, -0.25) is 0 Å². The van der Waals surface area contributed by atoms with E-state index >= 15 is 0 Å². The van der Waals surface area contributed by atoms with Gasteiger partial charge in [-0.15, -0.1) is 0 Å². The van der Waals surface area contributed by atoms with Crippen LogP contribution in [0, 0.1) is 12.7 Å². The van der Waals surface area contributed by atoms with E-state index in [-0.39, 0.29) is 5.82 Å². The molecule has 0 fully saturated rings. The minimum Gasteiger partial charge on any atom is -0.338 e. The van der Waals surface area contributed by atoms with Gasteiger partial charge in [-0.05, 0) is 59.0 Å². The number of hydrogen-bond donors (Lipinski definition) is 1. The molecule has 1 N–H and O–H groups in total. The van der Waals surface area contributed by atoms with Crippen molar-refractivity contribution in [2.45, 2.75) is 6.92 Å². The van der Waals surface area contributed by atoms with E-state index in [0.29, 0.717) is 0 Å². The third kappa shape index (κ3) is 3.43. The van der Waals surface area contributed by atoms with Gasteiger partial charge in [0.25, 0.3) is 0 Å². The first-order valence-corrected chi connectivity index (χ1v) is 9.59. The zero-order valence-electron chi connectivity index (χ0n) is 16.0. The molecule has 0 aliphatic carbocycles. The molecule has 0 aliphatic rings. The molecule has 3 heteroatoms. The van der Waals surface area contributed by atoms with Crippen LogP contribution in [0.2, 0.25) is 0 Å². The van der Waals surface area contributed by atoms with Crippen molar-refractivity contribution in [2.75, 3.05) is 0 Å². The van der Waals surface area contributed by atoms with E-state index in [0.717, 1.165) is 44.7 Å². The van der Waals surface area contributed by atoms with Crippen molar-refractivity contribution >= 4 is 11.0 Å². The molecule has 0 amide bonds. The van der Waals surface area contributed by atoms with E-state index in [4.69, 9.17) is 4.98 Å². The second kappa shape index (κ2) is 7.02. The Labute approximate surface area is 168 Å². The topological polar surface area (TPSA) is 28.7 Å². The number of aromatic amines is 1. The van der Waals surface area contributed by atoms with Crippen LogP contribution in [0.5, 0.6) is 0 Å². The molecule has 0 spiro atoms. The fourth-order valence-electron chi connectivity index (χ4n) is 3.58. The molecular formula is C26H19FN2. The van der Waals surface area contributed by atoms with Gasteiger partial charge in [-0.2, -0.15) is 0 Å². The molecule has 1 aromatic heterocycles. The van der Waals surface area contributed by atoms with Gasteiger partial charge >= 0.3 is 0 Å². The first-order chi connectivity index (χ1) is 14.2. The van der Waals surface area contributed by atoms with E-state index < -0.39 is 0 Å². The maximum Gasteiger partial charge on any atom is 0.138 e. The Hall–Kier alpha value is -3.72. The largest absolute Gasteiger partial charge is 0.338 e. The minimum absolute atomic E-state index is 0.218. The Morgan fingerprint density at radius 2 is 1.10 bits per heavy atom. The Bertz CT molecular complexity index is 1280. The normalized spacial score (nSPS) is 11.1. The second-order valence-corrected chi connectivity index (χ2v) is 7.27. The third-order valence-corrected chi connectivity index (χ3v) is 5.19. The monoisotopic (exact) mass is 378 g/mol. The SMILES string of the molecule is Cc1ccc2nc(-c3ccc(-c4ccc(-c5ccc(F)cc5)cc4)cc3)[nH]c2c1. The van der Waals surface area contributed by atoms with Gasteiger partial charge < -0.3 is 4.98 Å². The summed E-state index contributed by atoms with van der Waals surface area (Å²) in [6, 6.07) is 29.5. The molecule has 0 bridgehead atoms. The summed E-state index contributed by atoms with van der Waals surface area (Å²) in [5, 5.41) is 0. The number of aryl methyl sites for hydroxylation is 1. The summed E-state index contributed by atoms with van der Waals surface area (Å²) in [7, 11) is 0. The van der Waals surface area contributed by atoms with E-state index in [1.54, 1.807) is 12.1 Å². The molecule has 0 saturated heterocycles. The van der Waals surface area contributed by atoms with Gasteiger partial charge in [0.1, 0.15) is 11.6 Å². The Kier molecular flexibility index (Phi) is 4.21. The first kappa shape index (κ1) is 17.4. The molecule has 0 radical (unpaired) electrons. The van der Waals surface area contributed by atoms with Crippen LogP contribution in [0.25, 0.3) is 44.7 Å². The summed E-state index contributed by atoms with van der Waals surface area (Å²) in [5.74, 6) is 0.661. The quantitative estimate of drug-likeness (QED) is 0.359. The molecule has 1 heterocycles. The highest BCUT2D eigenvalue weighted by Crippen LogP contribution is 2.27. The number of rotatable bonds is 3. The van der Waals surface area contributed by atoms with E-state index in [2.05, 4.69) is 72.6 Å². The number of halogens is 1.